The summed E-state index contributed by atoms with van der Waals surface area (Å²) in [5.74, 6) is 0.949. The van der Waals surface area contributed by atoms with Crippen molar-refractivity contribution in [2.24, 2.45) is 5.92 Å². The van der Waals surface area contributed by atoms with Gasteiger partial charge in [-0.05, 0) is 37.4 Å². The molecule has 1 saturated carbocycles. The van der Waals surface area contributed by atoms with Crippen LogP contribution in [0.15, 0.2) is 18.2 Å². The average Bonchev–Trinajstić information content (AvgIpc) is 2.25. The van der Waals surface area contributed by atoms with Crippen molar-refractivity contribution in [2.75, 3.05) is 6.54 Å². The fraction of sp³-hybridized carbons (Fsp3) is 0.571. The minimum Gasteiger partial charge on any atom is -0.310 e. The minimum atomic E-state index is 0.265. The minimum absolute atomic E-state index is 0.265. The van der Waals surface area contributed by atoms with Crippen LogP contribution in [0, 0.1) is 5.92 Å². The van der Waals surface area contributed by atoms with Gasteiger partial charge in [0.15, 0.2) is 0 Å². The van der Waals surface area contributed by atoms with Crippen molar-refractivity contribution in [3.63, 3.8) is 0 Å². The normalized spacial score (nSPS) is 17.8. The Balaban J connectivity index is 1.85. The van der Waals surface area contributed by atoms with Gasteiger partial charge in [-0.1, -0.05) is 54.6 Å². The number of halogens is 2. The van der Waals surface area contributed by atoms with Crippen LogP contribution in [0.5, 0.6) is 0 Å². The van der Waals surface area contributed by atoms with Crippen LogP contribution in [0.1, 0.15) is 44.2 Å². The lowest BCUT2D eigenvalue weighted by atomic mass is 9.83. The summed E-state index contributed by atoms with van der Waals surface area (Å²) in [6.07, 6.45) is 5.52. The Kier molecular flexibility index (Phi) is 4.72. The molecule has 94 valence electrons. The molecule has 1 atom stereocenters. The topological polar surface area (TPSA) is 12.0 Å². The lowest BCUT2D eigenvalue weighted by Gasteiger charge is -2.26. The predicted octanol–water partition coefficient (Wildman–Crippen LogP) is 4.83. The maximum Gasteiger partial charge on any atom is 0.0639 e. The monoisotopic (exact) mass is 271 g/mol. The molecule has 1 nitrogen and oxygen atoms in total. The van der Waals surface area contributed by atoms with E-state index < -0.39 is 0 Å². The third-order valence-corrected chi connectivity index (χ3v) is 4.51. The zero-order valence-corrected chi connectivity index (χ0v) is 11.7. The molecule has 2 rings (SSSR count). The second-order valence-corrected chi connectivity index (χ2v) is 5.69. The van der Waals surface area contributed by atoms with Gasteiger partial charge in [-0.2, -0.15) is 0 Å². The Morgan fingerprint density at radius 3 is 2.76 bits per heavy atom. The second kappa shape index (κ2) is 6.08. The van der Waals surface area contributed by atoms with Crippen molar-refractivity contribution < 1.29 is 0 Å². The highest BCUT2D eigenvalue weighted by Crippen LogP contribution is 2.31. The molecule has 0 heterocycles. The first-order chi connectivity index (χ1) is 8.18. The Morgan fingerprint density at radius 2 is 2.12 bits per heavy atom. The van der Waals surface area contributed by atoms with Crippen molar-refractivity contribution in [1.29, 1.82) is 0 Å². The van der Waals surface area contributed by atoms with Crippen LogP contribution < -0.4 is 5.32 Å². The van der Waals surface area contributed by atoms with Crippen molar-refractivity contribution in [2.45, 2.75) is 38.6 Å². The average molecular weight is 272 g/mol. The number of hydrogen-bond donors (Lipinski definition) is 1. The molecule has 17 heavy (non-hydrogen) atoms. The number of nitrogens with one attached hydrogen (secondary N) is 1. The van der Waals surface area contributed by atoms with Gasteiger partial charge in [0, 0.05) is 6.04 Å². The van der Waals surface area contributed by atoms with Crippen LogP contribution in [-0.2, 0) is 0 Å². The van der Waals surface area contributed by atoms with Gasteiger partial charge in [-0.15, -0.1) is 0 Å². The maximum atomic E-state index is 6.20. The first kappa shape index (κ1) is 13.2. The SMILES string of the molecule is CC(NCCC1CCC1)c1cccc(Cl)c1Cl. The third-order valence-electron chi connectivity index (χ3n) is 3.68. The van der Waals surface area contributed by atoms with E-state index in [-0.39, 0.29) is 6.04 Å². The van der Waals surface area contributed by atoms with E-state index >= 15 is 0 Å². The van der Waals surface area contributed by atoms with Crippen LogP contribution in [0.3, 0.4) is 0 Å². The molecule has 0 amide bonds. The maximum absolute atomic E-state index is 6.20. The van der Waals surface area contributed by atoms with Crippen LogP contribution in [0.25, 0.3) is 0 Å². The third kappa shape index (κ3) is 3.37. The van der Waals surface area contributed by atoms with E-state index in [2.05, 4.69) is 12.2 Å². The van der Waals surface area contributed by atoms with E-state index in [1.54, 1.807) is 0 Å². The van der Waals surface area contributed by atoms with E-state index in [1.807, 2.05) is 18.2 Å². The summed E-state index contributed by atoms with van der Waals surface area (Å²) in [6, 6.07) is 6.08. The highest BCUT2D eigenvalue weighted by Gasteiger charge is 2.17. The van der Waals surface area contributed by atoms with Gasteiger partial charge in [0.1, 0.15) is 0 Å². The van der Waals surface area contributed by atoms with Crippen molar-refractivity contribution in [3.05, 3.63) is 33.8 Å². The summed E-state index contributed by atoms with van der Waals surface area (Å²) in [7, 11) is 0. The number of hydrogen-bond acceptors (Lipinski definition) is 1. The standard InChI is InChI=1S/C14H19Cl2N/c1-10(17-9-8-11-4-2-5-11)12-6-3-7-13(15)14(12)16/h3,6-7,10-11,17H,2,4-5,8-9H2,1H3. The van der Waals surface area contributed by atoms with Gasteiger partial charge in [-0.25, -0.2) is 0 Å². The molecule has 1 aromatic rings. The summed E-state index contributed by atoms with van der Waals surface area (Å²) in [5.41, 5.74) is 1.09. The quantitative estimate of drug-likeness (QED) is 0.809. The molecule has 0 radical (unpaired) electrons. The summed E-state index contributed by atoms with van der Waals surface area (Å²) in [6.45, 7) is 3.20. The summed E-state index contributed by atoms with van der Waals surface area (Å²) in [4.78, 5) is 0. The first-order valence-corrected chi connectivity index (χ1v) is 7.11. The molecule has 1 aromatic carbocycles. The van der Waals surface area contributed by atoms with Gasteiger partial charge >= 0.3 is 0 Å². The molecule has 1 N–H and O–H groups in total. The fourth-order valence-corrected chi connectivity index (χ4v) is 2.72. The molecule has 0 bridgehead atoms. The Hall–Kier alpha value is -0.240. The molecule has 3 heteroatoms. The van der Waals surface area contributed by atoms with Crippen LogP contribution >= 0.6 is 23.2 Å². The highest BCUT2D eigenvalue weighted by atomic mass is 35.5. The molecule has 1 aliphatic carbocycles. The Morgan fingerprint density at radius 1 is 1.35 bits per heavy atom. The van der Waals surface area contributed by atoms with Gasteiger partial charge in [0.05, 0.1) is 10.0 Å². The van der Waals surface area contributed by atoms with Gasteiger partial charge in [-0.3, -0.25) is 0 Å². The molecule has 0 spiro atoms. The Bertz CT molecular complexity index is 374. The summed E-state index contributed by atoms with van der Waals surface area (Å²) in [5, 5.41) is 4.84. The lowest BCUT2D eigenvalue weighted by molar-refractivity contribution is 0.288. The number of benzene rings is 1. The zero-order valence-electron chi connectivity index (χ0n) is 10.2. The molecule has 1 unspecified atom stereocenters. The van der Waals surface area contributed by atoms with E-state index in [4.69, 9.17) is 23.2 Å². The molecule has 0 aromatic heterocycles. The predicted molar refractivity (Wildman–Crippen MR) is 74.8 cm³/mol. The highest BCUT2D eigenvalue weighted by molar-refractivity contribution is 6.42. The molecule has 0 saturated heterocycles. The van der Waals surface area contributed by atoms with E-state index in [0.717, 1.165) is 18.0 Å². The van der Waals surface area contributed by atoms with E-state index in [1.165, 1.54) is 25.7 Å². The lowest BCUT2D eigenvalue weighted by Crippen LogP contribution is -2.24. The Labute approximate surface area is 114 Å². The van der Waals surface area contributed by atoms with E-state index in [0.29, 0.717) is 10.0 Å². The van der Waals surface area contributed by atoms with Crippen molar-refractivity contribution in [1.82, 2.24) is 5.32 Å². The largest absolute Gasteiger partial charge is 0.310 e. The van der Waals surface area contributed by atoms with Crippen molar-refractivity contribution >= 4 is 23.2 Å². The van der Waals surface area contributed by atoms with Gasteiger partial charge in [0.2, 0.25) is 0 Å². The molecule has 1 fully saturated rings. The molecule has 0 aliphatic heterocycles. The van der Waals surface area contributed by atoms with E-state index in [9.17, 15) is 0 Å². The molecule has 1 aliphatic rings. The van der Waals surface area contributed by atoms with Crippen LogP contribution in [0.2, 0.25) is 10.0 Å². The van der Waals surface area contributed by atoms with Crippen molar-refractivity contribution in [3.8, 4) is 0 Å². The fourth-order valence-electron chi connectivity index (χ4n) is 2.25. The second-order valence-electron chi connectivity index (χ2n) is 4.90. The van der Waals surface area contributed by atoms with Gasteiger partial charge < -0.3 is 5.32 Å². The molecular formula is C14H19Cl2N. The first-order valence-electron chi connectivity index (χ1n) is 6.35. The summed E-state index contributed by atoms with van der Waals surface area (Å²) < 4.78 is 0. The summed E-state index contributed by atoms with van der Waals surface area (Å²) >= 11 is 12.2. The van der Waals surface area contributed by atoms with Gasteiger partial charge in [0.25, 0.3) is 0 Å². The number of rotatable bonds is 5. The smallest absolute Gasteiger partial charge is 0.0639 e. The van der Waals surface area contributed by atoms with Crippen LogP contribution in [-0.4, -0.2) is 6.54 Å². The molecular weight excluding hydrogens is 253 g/mol. The van der Waals surface area contributed by atoms with Crippen LogP contribution in [0.4, 0.5) is 0 Å². The zero-order chi connectivity index (χ0) is 12.3.